The summed E-state index contributed by atoms with van der Waals surface area (Å²) in [5.74, 6) is -0.389. The van der Waals surface area contributed by atoms with E-state index < -0.39 is 11.6 Å². The van der Waals surface area contributed by atoms with Crippen LogP contribution in [-0.2, 0) is 19.4 Å². The Morgan fingerprint density at radius 3 is 2.74 bits per heavy atom. The van der Waals surface area contributed by atoms with Crippen LogP contribution in [0.4, 0.5) is 8.78 Å². The number of hydrogen-bond donors (Lipinski definition) is 1. The van der Waals surface area contributed by atoms with E-state index in [1.807, 2.05) is 6.92 Å². The Hall–Kier alpha value is -1.75. The molecule has 0 amide bonds. The molecular weight excluding hydrogens is 248 g/mol. The van der Waals surface area contributed by atoms with Gasteiger partial charge in [0.15, 0.2) is 0 Å². The molecule has 3 nitrogen and oxygen atoms in total. The molecule has 2 aromatic rings. The first-order valence-corrected chi connectivity index (χ1v) is 6.46. The Bertz CT molecular complexity index is 599. The van der Waals surface area contributed by atoms with Crippen molar-refractivity contribution in [2.75, 3.05) is 6.54 Å². The molecule has 0 aliphatic carbocycles. The summed E-state index contributed by atoms with van der Waals surface area (Å²) in [6.07, 6.45) is 1.37. The highest BCUT2D eigenvalue weighted by atomic mass is 19.1. The third kappa shape index (κ3) is 1.94. The van der Waals surface area contributed by atoms with Crippen LogP contribution in [0.5, 0.6) is 0 Å². The number of benzene rings is 1. The fourth-order valence-electron chi connectivity index (χ4n) is 2.57. The summed E-state index contributed by atoms with van der Waals surface area (Å²) in [4.78, 5) is 4.49. The zero-order valence-corrected chi connectivity index (χ0v) is 10.7. The summed E-state index contributed by atoms with van der Waals surface area (Å²) in [5, 5.41) is 3.22. The quantitative estimate of drug-likeness (QED) is 0.901. The Labute approximate surface area is 110 Å². The maximum absolute atomic E-state index is 14.0. The molecule has 1 aromatic heterocycles. The molecule has 100 valence electrons. The second-order valence-electron chi connectivity index (χ2n) is 4.61. The minimum absolute atomic E-state index is 0.00463. The van der Waals surface area contributed by atoms with Gasteiger partial charge in [0.2, 0.25) is 0 Å². The zero-order chi connectivity index (χ0) is 13.4. The number of aromatic nitrogens is 2. The molecule has 19 heavy (non-hydrogen) atoms. The van der Waals surface area contributed by atoms with Crippen LogP contribution in [0, 0.1) is 11.6 Å². The van der Waals surface area contributed by atoms with Gasteiger partial charge in [0, 0.05) is 31.6 Å². The molecule has 0 bridgehead atoms. The fraction of sp³-hybridized carbons (Fsp3) is 0.357. The monoisotopic (exact) mass is 263 g/mol. The summed E-state index contributed by atoms with van der Waals surface area (Å²) in [5.41, 5.74) is 1.81. The lowest BCUT2D eigenvalue weighted by atomic mass is 10.1. The van der Waals surface area contributed by atoms with Crippen molar-refractivity contribution in [2.24, 2.45) is 0 Å². The highest BCUT2D eigenvalue weighted by molar-refractivity contribution is 5.41. The van der Waals surface area contributed by atoms with Crippen molar-refractivity contribution in [1.82, 2.24) is 14.9 Å². The Morgan fingerprint density at radius 2 is 2.05 bits per heavy atom. The van der Waals surface area contributed by atoms with E-state index in [0.29, 0.717) is 18.8 Å². The second-order valence-corrected chi connectivity index (χ2v) is 4.61. The van der Waals surface area contributed by atoms with E-state index in [9.17, 15) is 8.78 Å². The van der Waals surface area contributed by atoms with Crippen molar-refractivity contribution in [3.8, 4) is 5.69 Å². The lowest BCUT2D eigenvalue weighted by Gasteiger charge is -2.17. The van der Waals surface area contributed by atoms with E-state index in [0.717, 1.165) is 24.4 Å². The normalized spacial score (nSPS) is 14.5. The first-order chi connectivity index (χ1) is 9.22. The van der Waals surface area contributed by atoms with Crippen molar-refractivity contribution in [2.45, 2.75) is 26.3 Å². The van der Waals surface area contributed by atoms with Crippen molar-refractivity contribution in [1.29, 1.82) is 0 Å². The molecule has 1 aliphatic heterocycles. The molecule has 1 N–H and O–H groups in total. The number of hydrogen-bond acceptors (Lipinski definition) is 2. The minimum atomic E-state index is -0.548. The van der Waals surface area contributed by atoms with E-state index in [-0.39, 0.29) is 5.69 Å². The van der Waals surface area contributed by atoms with Gasteiger partial charge in [0.25, 0.3) is 0 Å². The van der Waals surface area contributed by atoms with Gasteiger partial charge in [0.05, 0.1) is 5.69 Å². The molecule has 1 aromatic carbocycles. The van der Waals surface area contributed by atoms with Crippen LogP contribution >= 0.6 is 0 Å². The van der Waals surface area contributed by atoms with Crippen molar-refractivity contribution >= 4 is 0 Å². The number of halogens is 2. The van der Waals surface area contributed by atoms with Crippen molar-refractivity contribution in [3.05, 3.63) is 47.0 Å². The summed E-state index contributed by atoms with van der Waals surface area (Å²) < 4.78 is 29.6. The predicted molar refractivity (Wildman–Crippen MR) is 68.3 cm³/mol. The average molecular weight is 263 g/mol. The number of nitrogens with zero attached hydrogens (tertiary/aromatic N) is 2. The summed E-state index contributed by atoms with van der Waals surface area (Å²) in [7, 11) is 0. The summed E-state index contributed by atoms with van der Waals surface area (Å²) in [6.45, 7) is 3.40. The zero-order valence-electron chi connectivity index (χ0n) is 10.7. The van der Waals surface area contributed by atoms with Crippen molar-refractivity contribution < 1.29 is 8.78 Å². The maximum Gasteiger partial charge on any atom is 0.150 e. The molecule has 0 atom stereocenters. The van der Waals surface area contributed by atoms with E-state index in [4.69, 9.17) is 0 Å². The largest absolute Gasteiger partial charge is 0.311 e. The van der Waals surface area contributed by atoms with Gasteiger partial charge in [-0.3, -0.25) is 4.57 Å². The highest BCUT2D eigenvalue weighted by Crippen LogP contribution is 2.25. The van der Waals surface area contributed by atoms with Crippen molar-refractivity contribution in [3.63, 3.8) is 0 Å². The van der Waals surface area contributed by atoms with Gasteiger partial charge in [-0.05, 0) is 12.1 Å². The lowest BCUT2D eigenvalue weighted by molar-refractivity contribution is 0.557. The van der Waals surface area contributed by atoms with Crippen LogP contribution in [0.15, 0.2) is 18.2 Å². The number of fused-ring (bicyclic) bond motifs is 1. The van der Waals surface area contributed by atoms with Crippen LogP contribution in [0.2, 0.25) is 0 Å². The van der Waals surface area contributed by atoms with Crippen LogP contribution in [0.25, 0.3) is 5.69 Å². The molecule has 0 spiro atoms. The SMILES string of the molecule is CCc1nc2c(n1-c1c(F)cccc1F)CCNC2. The van der Waals surface area contributed by atoms with Gasteiger partial charge < -0.3 is 5.32 Å². The third-order valence-electron chi connectivity index (χ3n) is 3.43. The van der Waals surface area contributed by atoms with Gasteiger partial charge in [0.1, 0.15) is 23.1 Å². The average Bonchev–Trinajstić information content (AvgIpc) is 2.77. The Balaban J connectivity index is 2.27. The van der Waals surface area contributed by atoms with E-state index >= 15 is 0 Å². The van der Waals surface area contributed by atoms with Crippen LogP contribution in [0.3, 0.4) is 0 Å². The molecule has 2 heterocycles. The Morgan fingerprint density at radius 1 is 1.32 bits per heavy atom. The van der Waals surface area contributed by atoms with Crippen LogP contribution < -0.4 is 5.32 Å². The smallest absolute Gasteiger partial charge is 0.150 e. The molecule has 0 saturated carbocycles. The number of imidazole rings is 1. The van der Waals surface area contributed by atoms with Crippen LogP contribution in [-0.4, -0.2) is 16.1 Å². The molecule has 5 heteroatoms. The molecule has 1 aliphatic rings. The third-order valence-corrected chi connectivity index (χ3v) is 3.43. The summed E-state index contributed by atoms with van der Waals surface area (Å²) in [6, 6.07) is 3.95. The minimum Gasteiger partial charge on any atom is -0.311 e. The number of para-hydroxylation sites is 1. The molecular formula is C14H15F2N3. The number of aryl methyl sites for hydroxylation is 1. The molecule has 0 fully saturated rings. The second kappa shape index (κ2) is 4.74. The number of nitrogens with one attached hydrogen (secondary N) is 1. The standard InChI is InChI=1S/C14H15F2N3/c1-2-13-18-11-8-17-7-6-12(11)19(13)14-9(15)4-3-5-10(14)16/h3-5,17H,2,6-8H2,1H3. The van der Waals surface area contributed by atoms with Crippen LogP contribution in [0.1, 0.15) is 24.1 Å². The predicted octanol–water partition coefficient (Wildman–Crippen LogP) is 2.36. The first kappa shape index (κ1) is 12.3. The topological polar surface area (TPSA) is 29.9 Å². The molecule has 0 unspecified atom stereocenters. The van der Waals surface area contributed by atoms with Gasteiger partial charge in [-0.2, -0.15) is 0 Å². The molecule has 3 rings (SSSR count). The summed E-state index contributed by atoms with van der Waals surface area (Å²) >= 11 is 0. The van der Waals surface area contributed by atoms with Gasteiger partial charge in [-0.25, -0.2) is 13.8 Å². The fourth-order valence-corrected chi connectivity index (χ4v) is 2.57. The highest BCUT2D eigenvalue weighted by Gasteiger charge is 2.23. The van der Waals surface area contributed by atoms with E-state index in [1.165, 1.54) is 18.2 Å². The van der Waals surface area contributed by atoms with Gasteiger partial charge >= 0.3 is 0 Å². The lowest BCUT2D eigenvalue weighted by Crippen LogP contribution is -2.25. The Kier molecular flexibility index (Phi) is 3.06. The first-order valence-electron chi connectivity index (χ1n) is 6.46. The molecule has 0 saturated heterocycles. The molecule has 0 radical (unpaired) electrons. The van der Waals surface area contributed by atoms with E-state index in [2.05, 4.69) is 10.3 Å². The van der Waals surface area contributed by atoms with Gasteiger partial charge in [-0.15, -0.1) is 0 Å². The number of rotatable bonds is 2. The van der Waals surface area contributed by atoms with E-state index in [1.54, 1.807) is 4.57 Å². The maximum atomic E-state index is 14.0. The van der Waals surface area contributed by atoms with Gasteiger partial charge in [-0.1, -0.05) is 13.0 Å².